The van der Waals surface area contributed by atoms with Gasteiger partial charge in [-0.25, -0.2) is 0 Å². The largest absolute Gasteiger partial charge is 0.493 e. The van der Waals surface area contributed by atoms with E-state index in [1.165, 1.54) is 20.1 Å². The number of aliphatic hydroxyl groups is 2. The molecule has 0 spiro atoms. The number of hydrogen-bond donors (Lipinski definition) is 3. The maximum Gasteiger partial charge on any atom is 0.247 e. The number of aliphatic hydroxyl groups excluding tert-OH is 2. The van der Waals surface area contributed by atoms with Crippen LogP contribution in [0.4, 0.5) is 0 Å². The second-order valence-electron chi connectivity index (χ2n) is 8.28. The first-order valence-electron chi connectivity index (χ1n) is 10.8. The minimum absolute atomic E-state index is 0.0896. The third-order valence-electron chi connectivity index (χ3n) is 5.81. The number of ether oxygens (including phenoxy) is 2. The van der Waals surface area contributed by atoms with Crippen LogP contribution in [0.5, 0.6) is 11.5 Å². The summed E-state index contributed by atoms with van der Waals surface area (Å²) in [5.41, 5.74) is 0.779. The molecule has 3 N–H and O–H groups in total. The highest BCUT2D eigenvalue weighted by molar-refractivity contribution is 14.1. The molecule has 2 aliphatic carbocycles. The van der Waals surface area contributed by atoms with Gasteiger partial charge in [-0.05, 0) is 59.6 Å². The summed E-state index contributed by atoms with van der Waals surface area (Å²) >= 11 is 2.01. The molecule has 3 atom stereocenters. The molecule has 9 nitrogen and oxygen atoms in total. The zero-order valence-corrected chi connectivity index (χ0v) is 20.8. The Morgan fingerprint density at radius 3 is 2.64 bits per heavy atom. The molecule has 1 aromatic carbocycles. The average molecular weight is 572 g/mol. The SMILES string of the molecule is COc1cc(C=O)cc(I)c1OC1C=C(C(=O)NCCO)CC(N(CC2CC2)C(C)=O)C1O. The van der Waals surface area contributed by atoms with Crippen LogP contribution in [0.25, 0.3) is 0 Å². The van der Waals surface area contributed by atoms with Crippen molar-refractivity contribution in [3.05, 3.63) is 32.9 Å². The van der Waals surface area contributed by atoms with Crippen LogP contribution in [0, 0.1) is 9.49 Å². The molecule has 180 valence electrons. The first-order chi connectivity index (χ1) is 15.8. The molecule has 10 heteroatoms. The third kappa shape index (κ3) is 6.24. The van der Waals surface area contributed by atoms with Crippen LogP contribution >= 0.6 is 22.6 Å². The van der Waals surface area contributed by atoms with Gasteiger partial charge in [-0.15, -0.1) is 0 Å². The second kappa shape index (κ2) is 11.3. The Kier molecular flexibility index (Phi) is 8.71. The molecule has 1 aromatic rings. The highest BCUT2D eigenvalue weighted by atomic mass is 127. The van der Waals surface area contributed by atoms with Gasteiger partial charge in [0.25, 0.3) is 0 Å². The smallest absolute Gasteiger partial charge is 0.247 e. The molecule has 0 bridgehead atoms. The lowest BCUT2D eigenvalue weighted by atomic mass is 9.88. The van der Waals surface area contributed by atoms with Crippen LogP contribution < -0.4 is 14.8 Å². The van der Waals surface area contributed by atoms with Gasteiger partial charge in [-0.3, -0.25) is 14.4 Å². The molecule has 33 heavy (non-hydrogen) atoms. The molecule has 3 unspecified atom stereocenters. The molecule has 0 saturated heterocycles. The normalized spacial score (nSPS) is 22.2. The third-order valence-corrected chi connectivity index (χ3v) is 6.61. The van der Waals surface area contributed by atoms with Gasteiger partial charge in [-0.1, -0.05) is 0 Å². The highest BCUT2D eigenvalue weighted by Gasteiger charge is 2.41. The molecule has 2 aliphatic rings. The molecule has 1 fully saturated rings. The zero-order chi connectivity index (χ0) is 24.1. The van der Waals surface area contributed by atoms with E-state index in [9.17, 15) is 19.5 Å². The molecule has 0 aromatic heterocycles. The van der Waals surface area contributed by atoms with Gasteiger partial charge in [0.15, 0.2) is 11.5 Å². The summed E-state index contributed by atoms with van der Waals surface area (Å²) in [4.78, 5) is 38.0. The van der Waals surface area contributed by atoms with Crippen LogP contribution in [0.15, 0.2) is 23.8 Å². The summed E-state index contributed by atoms with van der Waals surface area (Å²) in [7, 11) is 1.45. The Hall–Kier alpha value is -2.18. The summed E-state index contributed by atoms with van der Waals surface area (Å²) in [6.45, 7) is 1.86. The standard InChI is InChI=1S/C23H29IN2O7/c1-13(29)26(11-14-3-4-14)18-9-16(23(31)25-5-6-27)10-19(21(18)30)33-22-17(24)7-15(12-28)8-20(22)32-2/h7-8,10,12,14,18-19,21,27,30H,3-6,9,11H2,1-2H3,(H,25,31). The molecule has 2 amide bonds. The number of hydrogen-bond acceptors (Lipinski definition) is 7. The van der Waals surface area contributed by atoms with E-state index >= 15 is 0 Å². The van der Waals surface area contributed by atoms with Crippen molar-refractivity contribution in [3.63, 3.8) is 0 Å². The van der Waals surface area contributed by atoms with E-state index in [1.54, 1.807) is 17.0 Å². The number of nitrogens with zero attached hydrogens (tertiary/aromatic N) is 1. The second-order valence-corrected chi connectivity index (χ2v) is 9.44. The Labute approximate surface area is 206 Å². The number of rotatable bonds is 10. The van der Waals surface area contributed by atoms with Crippen molar-refractivity contribution in [2.45, 2.75) is 44.4 Å². The number of benzene rings is 1. The topological polar surface area (TPSA) is 125 Å². The first-order valence-corrected chi connectivity index (χ1v) is 11.9. The predicted molar refractivity (Wildman–Crippen MR) is 128 cm³/mol. The van der Waals surface area contributed by atoms with Gasteiger partial charge in [0.05, 0.1) is 23.3 Å². The van der Waals surface area contributed by atoms with Gasteiger partial charge in [-0.2, -0.15) is 0 Å². The number of amides is 2. The Balaban J connectivity index is 1.95. The van der Waals surface area contributed by atoms with Crippen molar-refractivity contribution in [2.75, 3.05) is 26.8 Å². The fourth-order valence-corrected chi connectivity index (χ4v) is 4.67. The Morgan fingerprint density at radius 1 is 1.33 bits per heavy atom. The summed E-state index contributed by atoms with van der Waals surface area (Å²) in [6.07, 6.45) is 2.45. The van der Waals surface area contributed by atoms with Crippen LogP contribution in [0.3, 0.4) is 0 Å². The lowest BCUT2D eigenvalue weighted by molar-refractivity contribution is -0.136. The molecular weight excluding hydrogens is 543 g/mol. The van der Waals surface area contributed by atoms with Crippen molar-refractivity contribution < 1.29 is 34.1 Å². The number of carbonyl (C=O) groups excluding carboxylic acids is 3. The quantitative estimate of drug-likeness (QED) is 0.285. The van der Waals surface area contributed by atoms with Crippen molar-refractivity contribution in [2.24, 2.45) is 5.92 Å². The van der Waals surface area contributed by atoms with Gasteiger partial charge >= 0.3 is 0 Å². The molecule has 0 radical (unpaired) electrons. The first kappa shape index (κ1) is 25.4. The minimum Gasteiger partial charge on any atom is -0.493 e. The fraction of sp³-hybridized carbons (Fsp3) is 0.522. The van der Waals surface area contributed by atoms with Crippen molar-refractivity contribution in [1.29, 1.82) is 0 Å². The van der Waals surface area contributed by atoms with Crippen molar-refractivity contribution >= 4 is 40.7 Å². The molecule has 0 aliphatic heterocycles. The van der Waals surface area contributed by atoms with Crippen LogP contribution in [-0.4, -0.2) is 78.3 Å². The van der Waals surface area contributed by atoms with E-state index < -0.39 is 18.2 Å². The Morgan fingerprint density at radius 2 is 2.06 bits per heavy atom. The van der Waals surface area contributed by atoms with Gasteiger partial charge in [0.1, 0.15) is 18.5 Å². The lowest BCUT2D eigenvalue weighted by Gasteiger charge is -2.40. The van der Waals surface area contributed by atoms with Crippen LogP contribution in [0.1, 0.15) is 36.5 Å². The molecule has 0 heterocycles. The van der Waals surface area contributed by atoms with Crippen LogP contribution in [-0.2, 0) is 9.59 Å². The number of carbonyl (C=O) groups is 3. The number of halogens is 1. The lowest BCUT2D eigenvalue weighted by Crippen LogP contribution is -2.55. The summed E-state index contributed by atoms with van der Waals surface area (Å²) in [5, 5.41) is 22.9. The van der Waals surface area contributed by atoms with Crippen LogP contribution in [0.2, 0.25) is 0 Å². The summed E-state index contributed by atoms with van der Waals surface area (Å²) < 4.78 is 12.1. The van der Waals surface area contributed by atoms with E-state index in [0.717, 1.165) is 12.8 Å². The van der Waals surface area contributed by atoms with E-state index in [0.29, 0.717) is 45.0 Å². The molecule has 3 rings (SSSR count). The Bertz CT molecular complexity index is 932. The number of methoxy groups -OCH3 is 1. The number of aldehydes is 1. The molecular formula is C23H29IN2O7. The van der Waals surface area contributed by atoms with Gasteiger partial charge < -0.3 is 29.9 Å². The van der Waals surface area contributed by atoms with Gasteiger partial charge in [0.2, 0.25) is 11.8 Å². The van der Waals surface area contributed by atoms with Crippen molar-refractivity contribution in [1.82, 2.24) is 10.2 Å². The van der Waals surface area contributed by atoms with Crippen molar-refractivity contribution in [3.8, 4) is 11.5 Å². The highest BCUT2D eigenvalue weighted by Crippen LogP contribution is 2.38. The van der Waals surface area contributed by atoms with E-state index in [2.05, 4.69) is 5.32 Å². The zero-order valence-electron chi connectivity index (χ0n) is 18.6. The average Bonchev–Trinajstić information content (AvgIpc) is 3.62. The van der Waals surface area contributed by atoms with E-state index in [-0.39, 0.29) is 31.4 Å². The summed E-state index contributed by atoms with van der Waals surface area (Å²) in [6, 6.07) is 2.52. The molecule has 1 saturated carbocycles. The maximum atomic E-state index is 12.7. The number of nitrogens with one attached hydrogen (secondary N) is 1. The fourth-order valence-electron chi connectivity index (χ4n) is 3.91. The maximum absolute atomic E-state index is 12.7. The van der Waals surface area contributed by atoms with Gasteiger partial charge in [0, 0.05) is 37.6 Å². The summed E-state index contributed by atoms with van der Waals surface area (Å²) in [5.74, 6) is 0.484. The van der Waals surface area contributed by atoms with E-state index in [1.807, 2.05) is 22.6 Å². The monoisotopic (exact) mass is 572 g/mol. The minimum atomic E-state index is -1.09. The predicted octanol–water partition coefficient (Wildman–Crippen LogP) is 1.29. The van der Waals surface area contributed by atoms with E-state index in [4.69, 9.17) is 14.6 Å².